The van der Waals surface area contributed by atoms with E-state index >= 15 is 0 Å². The molecule has 4 aliphatic rings. The maximum Gasteiger partial charge on any atom is 0.130 e. The minimum Gasteiger partial charge on any atom is -0.494 e. The zero-order valence-corrected chi connectivity index (χ0v) is 28.6. The Morgan fingerprint density at radius 2 is 1.74 bits per heavy atom. The average molecular weight is 589 g/mol. The molecule has 0 saturated heterocycles. The Morgan fingerprint density at radius 1 is 0.977 bits per heavy atom. The topological polar surface area (TPSA) is 27.7 Å². The summed E-state index contributed by atoms with van der Waals surface area (Å²) >= 11 is 0. The lowest BCUT2D eigenvalue weighted by atomic mass is 9.44. The molecule has 3 fully saturated rings. The lowest BCUT2D eigenvalue weighted by Gasteiger charge is -2.61. The highest BCUT2D eigenvalue weighted by Crippen LogP contribution is 2.69. The van der Waals surface area contributed by atoms with Gasteiger partial charge in [0.05, 0.1) is 6.61 Å². The fraction of sp³-hybridized carbons (Fsp3) is 0.700. The zero-order valence-electron chi connectivity index (χ0n) is 28.6. The second-order valence-electron chi connectivity index (χ2n) is 15.8. The first-order valence-electron chi connectivity index (χ1n) is 17.6. The van der Waals surface area contributed by atoms with Crippen LogP contribution in [0.4, 0.5) is 0 Å². The normalized spacial score (nSPS) is 35.3. The Labute approximate surface area is 263 Å². The van der Waals surface area contributed by atoms with Gasteiger partial charge in [0, 0.05) is 5.41 Å². The van der Waals surface area contributed by atoms with Crippen molar-refractivity contribution in [1.29, 1.82) is 0 Å². The first-order valence-corrected chi connectivity index (χ1v) is 17.6. The van der Waals surface area contributed by atoms with Crippen molar-refractivity contribution in [3.8, 4) is 5.75 Å². The van der Waals surface area contributed by atoms with Crippen LogP contribution in [-0.2, 0) is 9.78 Å². The quantitative estimate of drug-likeness (QED) is 0.0846. The first-order chi connectivity index (χ1) is 20.5. The smallest absolute Gasteiger partial charge is 0.130 e. The van der Waals surface area contributed by atoms with E-state index in [9.17, 15) is 0 Å². The molecule has 0 N–H and O–H groups in total. The van der Waals surface area contributed by atoms with Gasteiger partial charge in [0.15, 0.2) is 0 Å². The Bertz CT molecular complexity index is 1170. The van der Waals surface area contributed by atoms with Gasteiger partial charge < -0.3 is 9.62 Å². The van der Waals surface area contributed by atoms with Crippen LogP contribution in [0.2, 0.25) is 0 Å². The Balaban J connectivity index is 1.22. The number of hydrogen-bond acceptors (Lipinski definition) is 3. The van der Waals surface area contributed by atoms with E-state index in [4.69, 9.17) is 14.5 Å². The van der Waals surface area contributed by atoms with Gasteiger partial charge in [-0.3, -0.25) is 0 Å². The van der Waals surface area contributed by atoms with Crippen molar-refractivity contribution < 1.29 is 14.5 Å². The molecule has 0 bridgehead atoms. The van der Waals surface area contributed by atoms with Crippen LogP contribution in [0.5, 0.6) is 5.75 Å². The molecule has 1 aromatic rings. The number of unbranched alkanes of at least 4 members (excludes halogenated alkanes) is 1. The molecule has 5 rings (SSSR count). The molecular formula is C40H60O3. The Kier molecular flexibility index (Phi) is 9.91. The molecule has 4 aliphatic carbocycles. The molecule has 0 aromatic heterocycles. The number of allylic oxidation sites excluding steroid dienone is 3. The van der Waals surface area contributed by atoms with E-state index < -0.39 is 0 Å². The van der Waals surface area contributed by atoms with Crippen molar-refractivity contribution in [3.63, 3.8) is 0 Å². The van der Waals surface area contributed by atoms with Crippen molar-refractivity contribution in [2.75, 3.05) is 6.61 Å². The van der Waals surface area contributed by atoms with Crippen molar-refractivity contribution in [1.82, 2.24) is 0 Å². The maximum atomic E-state index is 6.14. The summed E-state index contributed by atoms with van der Waals surface area (Å²) in [4.78, 5) is 11.9. The monoisotopic (exact) mass is 588 g/mol. The van der Waals surface area contributed by atoms with E-state index in [0.29, 0.717) is 12.0 Å². The highest BCUT2D eigenvalue weighted by Gasteiger charge is 2.61. The average Bonchev–Trinajstić information content (AvgIpc) is 3.32. The van der Waals surface area contributed by atoms with Gasteiger partial charge in [0.2, 0.25) is 0 Å². The summed E-state index contributed by atoms with van der Waals surface area (Å²) in [5.41, 5.74) is 4.94. The molecule has 3 saturated carbocycles. The van der Waals surface area contributed by atoms with Gasteiger partial charge in [0.1, 0.15) is 18.1 Å². The summed E-state index contributed by atoms with van der Waals surface area (Å²) in [6.07, 6.45) is 22.0. The fourth-order valence-electron chi connectivity index (χ4n) is 10.6. The lowest BCUT2D eigenvalue weighted by molar-refractivity contribution is -0.309. The van der Waals surface area contributed by atoms with E-state index in [0.717, 1.165) is 47.3 Å². The molecule has 8 unspecified atom stereocenters. The molecule has 0 heterocycles. The largest absolute Gasteiger partial charge is 0.494 e. The van der Waals surface area contributed by atoms with Crippen molar-refractivity contribution >= 4 is 6.08 Å². The van der Waals surface area contributed by atoms with Crippen molar-refractivity contribution in [2.24, 2.45) is 45.8 Å². The highest BCUT2D eigenvalue weighted by molar-refractivity contribution is 5.49. The standard InChI is InChI=1S/C40H60O3/c1-9-41-31-16-14-30(15-17-31)24-27-42-43-37-23-26-40(8)35-22-25-39(7)33(29(4)13-11-10-12-28(2)3)19-20-34(39)32(35)18-21-36(40)38(37,5)6/h12,14-17,21,24,27,29,32-35,37H,9-11,13,18-20,22-23,25-26H2,1-8H3/b27-24+. The number of hydrogen-bond donors (Lipinski definition) is 0. The molecule has 3 nitrogen and oxygen atoms in total. The molecule has 8 atom stereocenters. The van der Waals surface area contributed by atoms with Gasteiger partial charge in [-0.2, -0.15) is 4.89 Å². The molecule has 0 radical (unpaired) electrons. The highest BCUT2D eigenvalue weighted by atomic mass is 17.2. The minimum atomic E-state index is -0.0380. The predicted molar refractivity (Wildman–Crippen MR) is 179 cm³/mol. The summed E-state index contributed by atoms with van der Waals surface area (Å²) in [6.45, 7) is 19.8. The van der Waals surface area contributed by atoms with Crippen LogP contribution in [-0.4, -0.2) is 12.7 Å². The van der Waals surface area contributed by atoms with Gasteiger partial charge >= 0.3 is 0 Å². The molecule has 43 heavy (non-hydrogen) atoms. The molecule has 0 amide bonds. The number of benzene rings is 1. The van der Waals surface area contributed by atoms with Crippen LogP contribution in [0.25, 0.3) is 6.08 Å². The predicted octanol–water partition coefficient (Wildman–Crippen LogP) is 11.4. The minimum absolute atomic E-state index is 0.0380. The molecule has 3 heteroatoms. The molecule has 0 aliphatic heterocycles. The van der Waals surface area contributed by atoms with Gasteiger partial charge in [0.25, 0.3) is 0 Å². The third-order valence-corrected chi connectivity index (χ3v) is 12.7. The van der Waals surface area contributed by atoms with Gasteiger partial charge in [-0.25, -0.2) is 0 Å². The molecular weight excluding hydrogens is 528 g/mol. The van der Waals surface area contributed by atoms with Crippen molar-refractivity contribution in [3.05, 3.63) is 59.4 Å². The number of rotatable bonds is 11. The first kappa shape index (κ1) is 32.4. The zero-order chi connectivity index (χ0) is 30.8. The van der Waals surface area contributed by atoms with Crippen LogP contribution >= 0.6 is 0 Å². The van der Waals surface area contributed by atoms with Crippen LogP contribution in [0, 0.1) is 45.8 Å². The molecule has 0 spiro atoms. The molecule has 238 valence electrons. The van der Waals surface area contributed by atoms with Crippen LogP contribution in [0.1, 0.15) is 125 Å². The van der Waals surface area contributed by atoms with Gasteiger partial charge in [-0.15, -0.1) is 0 Å². The third kappa shape index (κ3) is 6.40. The van der Waals surface area contributed by atoms with E-state index in [-0.39, 0.29) is 16.9 Å². The second kappa shape index (κ2) is 13.2. The maximum absolute atomic E-state index is 6.14. The van der Waals surface area contributed by atoms with Crippen molar-refractivity contribution in [2.45, 2.75) is 126 Å². The van der Waals surface area contributed by atoms with E-state index in [1.807, 2.05) is 37.3 Å². The number of ether oxygens (including phenoxy) is 1. The summed E-state index contributed by atoms with van der Waals surface area (Å²) in [5, 5.41) is 0. The summed E-state index contributed by atoms with van der Waals surface area (Å²) in [5.74, 6) is 5.17. The summed E-state index contributed by atoms with van der Waals surface area (Å²) in [7, 11) is 0. The van der Waals surface area contributed by atoms with Crippen LogP contribution in [0.3, 0.4) is 0 Å². The second-order valence-corrected chi connectivity index (χ2v) is 15.8. The third-order valence-electron chi connectivity index (χ3n) is 12.7. The molecule has 1 aromatic carbocycles. The van der Waals surface area contributed by atoms with Crippen LogP contribution < -0.4 is 4.74 Å². The summed E-state index contributed by atoms with van der Waals surface area (Å²) < 4.78 is 5.55. The Morgan fingerprint density at radius 3 is 2.47 bits per heavy atom. The number of fused-ring (bicyclic) bond motifs is 5. The fourth-order valence-corrected chi connectivity index (χ4v) is 10.6. The van der Waals surface area contributed by atoms with Gasteiger partial charge in [-0.05, 0) is 143 Å². The van der Waals surface area contributed by atoms with E-state index in [1.54, 1.807) is 11.8 Å². The van der Waals surface area contributed by atoms with Gasteiger partial charge in [-0.1, -0.05) is 76.5 Å². The SMILES string of the molecule is CCOc1ccc(/C=C/OOC2CCC3(C)C(=CCC4C3CCC3(C)C(C(C)CCCC=C(C)C)CCC43)C2(C)C)cc1. The lowest BCUT2D eigenvalue weighted by Crippen LogP contribution is -2.55. The Hall–Kier alpha value is -2.00. The van der Waals surface area contributed by atoms with Crippen LogP contribution in [0.15, 0.2) is 53.8 Å². The van der Waals surface area contributed by atoms with E-state index in [1.165, 1.54) is 63.4 Å². The summed E-state index contributed by atoms with van der Waals surface area (Å²) in [6, 6.07) is 8.06. The van der Waals surface area contributed by atoms with E-state index in [2.05, 4.69) is 60.6 Å².